The lowest BCUT2D eigenvalue weighted by Gasteiger charge is -2.07. The number of halogens is 1. The molecule has 154 valence electrons. The fourth-order valence-electron chi connectivity index (χ4n) is 2.55. The fraction of sp³-hybridized carbons (Fsp3) is 0.158. The van der Waals surface area contributed by atoms with E-state index in [9.17, 15) is 14.9 Å². The van der Waals surface area contributed by atoms with Gasteiger partial charge in [-0.15, -0.1) is 10.2 Å². The van der Waals surface area contributed by atoms with Crippen molar-refractivity contribution in [2.45, 2.75) is 18.6 Å². The molecule has 1 aromatic heterocycles. The first-order chi connectivity index (χ1) is 14.5. The summed E-state index contributed by atoms with van der Waals surface area (Å²) in [7, 11) is 0. The second kappa shape index (κ2) is 9.99. The normalized spacial score (nSPS) is 11.0. The molecule has 0 aliphatic heterocycles. The molecule has 0 aliphatic carbocycles. The highest BCUT2D eigenvalue weighted by atomic mass is 35.5. The average molecular weight is 445 g/mol. The summed E-state index contributed by atoms with van der Waals surface area (Å²) < 4.78 is 1.91. The van der Waals surface area contributed by atoms with Gasteiger partial charge in [-0.2, -0.15) is 5.10 Å². The minimum atomic E-state index is -0.491. The molecule has 1 heterocycles. The Bertz CT molecular complexity index is 1080. The third-order valence-corrected chi connectivity index (χ3v) is 5.17. The molecule has 3 aromatic rings. The number of thioether (sulfide) groups is 1. The molecule has 0 unspecified atom stereocenters. The molecule has 0 atom stereocenters. The van der Waals surface area contributed by atoms with Crippen molar-refractivity contribution in [2.24, 2.45) is 5.10 Å². The molecule has 9 nitrogen and oxygen atoms in total. The third kappa shape index (κ3) is 5.43. The number of nitrogens with one attached hydrogen (secondary N) is 1. The van der Waals surface area contributed by atoms with Crippen molar-refractivity contribution in [3.05, 3.63) is 69.2 Å². The van der Waals surface area contributed by atoms with Crippen molar-refractivity contribution in [1.29, 1.82) is 0 Å². The standard InChI is InChI=1S/C19H17ClN6O3S/c1-2-25-18(14-6-8-15(20)9-7-14)23-24-19(25)30-12-17(27)22-21-11-13-4-3-5-16(10-13)26(28)29/h3-11H,2,12H2,1H3,(H,22,27). The van der Waals surface area contributed by atoms with Gasteiger partial charge in [0.1, 0.15) is 0 Å². The van der Waals surface area contributed by atoms with Crippen molar-refractivity contribution < 1.29 is 9.72 Å². The van der Waals surface area contributed by atoms with E-state index >= 15 is 0 Å². The SMILES string of the molecule is CCn1c(SCC(=O)NN=Cc2cccc([N+](=O)[O-])c2)nnc1-c1ccc(Cl)cc1. The van der Waals surface area contributed by atoms with Crippen molar-refractivity contribution in [2.75, 3.05) is 5.75 Å². The molecule has 0 saturated carbocycles. The number of nitro groups is 1. The zero-order valence-corrected chi connectivity index (χ0v) is 17.4. The van der Waals surface area contributed by atoms with Gasteiger partial charge in [-0.25, -0.2) is 5.43 Å². The smallest absolute Gasteiger partial charge is 0.270 e. The van der Waals surface area contributed by atoms with E-state index in [1.165, 1.54) is 30.1 Å². The summed E-state index contributed by atoms with van der Waals surface area (Å²) in [6.45, 7) is 2.61. The van der Waals surface area contributed by atoms with Gasteiger partial charge >= 0.3 is 0 Å². The van der Waals surface area contributed by atoms with E-state index in [-0.39, 0.29) is 17.3 Å². The van der Waals surface area contributed by atoms with Crippen LogP contribution in [0.2, 0.25) is 5.02 Å². The Hall–Kier alpha value is -3.24. The van der Waals surface area contributed by atoms with Crippen LogP contribution < -0.4 is 5.43 Å². The van der Waals surface area contributed by atoms with Crippen LogP contribution in [0.3, 0.4) is 0 Å². The van der Waals surface area contributed by atoms with Crippen molar-refractivity contribution in [3.8, 4) is 11.4 Å². The number of amides is 1. The van der Waals surface area contributed by atoms with Gasteiger partial charge < -0.3 is 4.57 Å². The summed E-state index contributed by atoms with van der Waals surface area (Å²) in [6.07, 6.45) is 1.35. The highest BCUT2D eigenvalue weighted by Crippen LogP contribution is 2.25. The average Bonchev–Trinajstić information content (AvgIpc) is 3.16. The lowest BCUT2D eigenvalue weighted by atomic mass is 10.2. The largest absolute Gasteiger partial charge is 0.302 e. The molecule has 0 saturated heterocycles. The molecule has 2 aromatic carbocycles. The fourth-order valence-corrected chi connectivity index (χ4v) is 3.47. The van der Waals surface area contributed by atoms with Gasteiger partial charge in [-0.1, -0.05) is 35.5 Å². The molecule has 0 fully saturated rings. The topological polar surface area (TPSA) is 115 Å². The van der Waals surface area contributed by atoms with Crippen molar-refractivity contribution in [1.82, 2.24) is 20.2 Å². The quantitative estimate of drug-likeness (QED) is 0.245. The number of aromatic nitrogens is 3. The highest BCUT2D eigenvalue weighted by molar-refractivity contribution is 7.99. The number of rotatable bonds is 8. The number of hydrazone groups is 1. The molecule has 0 radical (unpaired) electrons. The highest BCUT2D eigenvalue weighted by Gasteiger charge is 2.14. The number of nitrogens with zero attached hydrogens (tertiary/aromatic N) is 5. The Labute approximate surface area is 181 Å². The van der Waals surface area contributed by atoms with Gasteiger partial charge in [0.15, 0.2) is 11.0 Å². The maximum atomic E-state index is 12.1. The van der Waals surface area contributed by atoms with E-state index in [0.29, 0.717) is 28.1 Å². The molecule has 11 heteroatoms. The van der Waals surface area contributed by atoms with Gasteiger partial charge in [0.05, 0.1) is 16.9 Å². The maximum absolute atomic E-state index is 12.1. The van der Waals surface area contributed by atoms with Crippen LogP contribution in [0.25, 0.3) is 11.4 Å². The minimum Gasteiger partial charge on any atom is -0.302 e. The zero-order chi connectivity index (χ0) is 21.5. The van der Waals surface area contributed by atoms with Crippen molar-refractivity contribution in [3.63, 3.8) is 0 Å². The van der Waals surface area contributed by atoms with Crippen LogP contribution >= 0.6 is 23.4 Å². The summed E-state index contributed by atoms with van der Waals surface area (Å²) >= 11 is 7.17. The minimum absolute atomic E-state index is 0.0452. The number of hydrogen-bond acceptors (Lipinski definition) is 7. The van der Waals surface area contributed by atoms with E-state index in [4.69, 9.17) is 11.6 Å². The molecule has 0 bridgehead atoms. The van der Waals surface area contributed by atoms with Crippen LogP contribution in [-0.4, -0.2) is 37.6 Å². The second-order valence-corrected chi connectivity index (χ2v) is 7.37. The predicted octanol–water partition coefficient (Wildman–Crippen LogP) is 3.77. The molecule has 0 aliphatic rings. The van der Waals surface area contributed by atoms with E-state index in [1.807, 2.05) is 23.6 Å². The molecule has 0 spiro atoms. The monoisotopic (exact) mass is 444 g/mol. The predicted molar refractivity (Wildman–Crippen MR) is 116 cm³/mol. The Kier molecular flexibility index (Phi) is 7.15. The lowest BCUT2D eigenvalue weighted by molar-refractivity contribution is -0.384. The summed E-state index contributed by atoms with van der Waals surface area (Å²) in [6, 6.07) is 13.2. The second-order valence-electron chi connectivity index (χ2n) is 5.99. The molecular weight excluding hydrogens is 428 g/mol. The Balaban J connectivity index is 1.59. The summed E-state index contributed by atoms with van der Waals surface area (Å²) in [5.41, 5.74) is 3.75. The van der Waals surface area contributed by atoms with Gasteiger partial charge in [-0.3, -0.25) is 14.9 Å². The van der Waals surface area contributed by atoms with Gasteiger partial charge in [0.2, 0.25) is 0 Å². The van der Waals surface area contributed by atoms with Crippen LogP contribution in [0, 0.1) is 10.1 Å². The molecule has 3 rings (SSSR count). The van der Waals surface area contributed by atoms with Crippen LogP contribution in [0.15, 0.2) is 58.8 Å². The van der Waals surface area contributed by atoms with Crippen LogP contribution in [0.5, 0.6) is 0 Å². The molecule has 1 amide bonds. The van der Waals surface area contributed by atoms with E-state index in [0.717, 1.165) is 5.56 Å². The van der Waals surface area contributed by atoms with Crippen molar-refractivity contribution >= 4 is 41.2 Å². The van der Waals surface area contributed by atoms with E-state index in [1.54, 1.807) is 24.3 Å². The number of benzene rings is 2. The lowest BCUT2D eigenvalue weighted by Crippen LogP contribution is -2.20. The summed E-state index contributed by atoms with van der Waals surface area (Å²) in [4.78, 5) is 22.4. The third-order valence-electron chi connectivity index (χ3n) is 3.95. The molecular formula is C19H17ClN6O3S. The first-order valence-electron chi connectivity index (χ1n) is 8.86. The Morgan fingerprint density at radius 1 is 1.30 bits per heavy atom. The Morgan fingerprint density at radius 3 is 2.77 bits per heavy atom. The zero-order valence-electron chi connectivity index (χ0n) is 15.9. The number of carbonyl (C=O) groups excluding carboxylic acids is 1. The number of carbonyl (C=O) groups is 1. The van der Waals surface area contributed by atoms with Crippen LogP contribution in [0.1, 0.15) is 12.5 Å². The Morgan fingerprint density at radius 2 is 2.07 bits per heavy atom. The number of nitro benzene ring substituents is 1. The number of hydrogen-bond donors (Lipinski definition) is 1. The first-order valence-corrected chi connectivity index (χ1v) is 10.2. The molecule has 30 heavy (non-hydrogen) atoms. The first kappa shape index (κ1) is 21.5. The summed E-state index contributed by atoms with van der Waals surface area (Å²) in [5, 5.41) is 24.3. The van der Waals surface area contributed by atoms with Gasteiger partial charge in [0, 0.05) is 34.8 Å². The van der Waals surface area contributed by atoms with Gasteiger partial charge in [0.25, 0.3) is 11.6 Å². The van der Waals surface area contributed by atoms with Crippen LogP contribution in [-0.2, 0) is 11.3 Å². The van der Waals surface area contributed by atoms with E-state index in [2.05, 4.69) is 20.7 Å². The summed E-state index contributed by atoms with van der Waals surface area (Å²) in [5.74, 6) is 0.450. The number of non-ortho nitro benzene ring substituents is 1. The van der Waals surface area contributed by atoms with E-state index < -0.39 is 4.92 Å². The van der Waals surface area contributed by atoms with Crippen LogP contribution in [0.4, 0.5) is 5.69 Å². The molecule has 1 N–H and O–H groups in total. The van der Waals surface area contributed by atoms with Gasteiger partial charge in [-0.05, 0) is 31.2 Å². The maximum Gasteiger partial charge on any atom is 0.270 e.